The van der Waals surface area contributed by atoms with Crippen LogP contribution in [0.15, 0.2) is 66.7 Å². The zero-order chi connectivity index (χ0) is 29.2. The minimum atomic E-state index is -4.74. The van der Waals surface area contributed by atoms with E-state index in [0.717, 1.165) is 48.3 Å². The Labute approximate surface area is 242 Å². The molecule has 0 saturated carbocycles. The van der Waals surface area contributed by atoms with E-state index in [0.29, 0.717) is 31.9 Å². The lowest BCUT2D eigenvalue weighted by Gasteiger charge is -2.39. The van der Waals surface area contributed by atoms with Gasteiger partial charge in [-0.1, -0.05) is 12.1 Å². The van der Waals surface area contributed by atoms with E-state index in [1.807, 2.05) is 25.1 Å². The van der Waals surface area contributed by atoms with Crippen LogP contribution in [0.1, 0.15) is 42.1 Å². The van der Waals surface area contributed by atoms with Crippen molar-refractivity contribution in [3.8, 4) is 22.6 Å². The van der Waals surface area contributed by atoms with E-state index in [9.17, 15) is 22.8 Å². The third-order valence-corrected chi connectivity index (χ3v) is 7.77. The lowest BCUT2D eigenvalue weighted by Crippen LogP contribution is -2.41. The first-order valence-electron chi connectivity index (χ1n) is 13.5. The first-order chi connectivity index (χ1) is 19.5. The molecule has 0 bridgehead atoms. The number of carboxylic acids is 1. The zero-order valence-electron chi connectivity index (χ0n) is 23.3. The minimum Gasteiger partial charge on any atom is -0.494 e. The van der Waals surface area contributed by atoms with E-state index < -0.39 is 12.3 Å². The van der Waals surface area contributed by atoms with E-state index in [1.54, 1.807) is 29.2 Å². The van der Waals surface area contributed by atoms with Crippen molar-refractivity contribution in [3.05, 3.63) is 77.9 Å². The van der Waals surface area contributed by atoms with Gasteiger partial charge in [-0.2, -0.15) is 0 Å². The molecule has 3 aromatic carbocycles. The fourth-order valence-corrected chi connectivity index (χ4v) is 5.71. The van der Waals surface area contributed by atoms with Gasteiger partial charge in [-0.3, -0.25) is 9.69 Å². The number of carbonyl (C=O) groups excluding carboxylic acids is 1. The van der Waals surface area contributed by atoms with Crippen molar-refractivity contribution in [1.82, 2.24) is 11.1 Å². The second kappa shape index (κ2) is 12.4. The maximum absolute atomic E-state index is 12.9. The van der Waals surface area contributed by atoms with Gasteiger partial charge in [0, 0.05) is 25.2 Å². The lowest BCUT2D eigenvalue weighted by molar-refractivity contribution is -0.274. The SMILES string of the molecule is CCOc1cc(CN2CCC3(CC2)CC(=O)N(c2ccc(C(=O)O)cc2)C3)cc(-c2ccc(OC(F)(F)F)cc2)c1.N. The summed E-state index contributed by atoms with van der Waals surface area (Å²) in [7, 11) is 0. The highest BCUT2D eigenvalue weighted by Crippen LogP contribution is 2.43. The largest absolute Gasteiger partial charge is 0.573 e. The summed E-state index contributed by atoms with van der Waals surface area (Å²) >= 11 is 0. The summed E-state index contributed by atoms with van der Waals surface area (Å²) in [6.07, 6.45) is -2.55. The average molecular weight is 586 g/mol. The number of rotatable bonds is 8. The Kier molecular flexibility index (Phi) is 9.12. The molecule has 2 fully saturated rings. The van der Waals surface area contributed by atoms with Crippen molar-refractivity contribution in [2.24, 2.45) is 5.41 Å². The number of aromatic carboxylic acids is 1. The minimum absolute atomic E-state index is 0. The van der Waals surface area contributed by atoms with Crippen LogP contribution in [-0.2, 0) is 11.3 Å². The number of likely N-dealkylation sites (tertiary alicyclic amines) is 1. The van der Waals surface area contributed by atoms with Gasteiger partial charge in [0.2, 0.25) is 5.91 Å². The molecule has 0 atom stereocenters. The number of hydrogen-bond acceptors (Lipinski definition) is 6. The highest BCUT2D eigenvalue weighted by molar-refractivity contribution is 5.97. The molecule has 4 N–H and O–H groups in total. The van der Waals surface area contributed by atoms with Crippen molar-refractivity contribution in [2.75, 3.05) is 31.1 Å². The first-order valence-corrected chi connectivity index (χ1v) is 13.5. The molecule has 1 amide bonds. The fraction of sp³-hybridized carbons (Fsp3) is 0.355. The lowest BCUT2D eigenvalue weighted by atomic mass is 9.77. The van der Waals surface area contributed by atoms with Gasteiger partial charge in [0.05, 0.1) is 12.2 Å². The van der Waals surface area contributed by atoms with Crippen LogP contribution in [0.25, 0.3) is 11.1 Å². The van der Waals surface area contributed by atoms with Crippen LogP contribution in [0.2, 0.25) is 0 Å². The summed E-state index contributed by atoms with van der Waals surface area (Å²) in [6, 6.07) is 18.1. The number of hydrogen-bond donors (Lipinski definition) is 2. The van der Waals surface area contributed by atoms with Crippen LogP contribution >= 0.6 is 0 Å². The number of benzene rings is 3. The summed E-state index contributed by atoms with van der Waals surface area (Å²) < 4.78 is 47.4. The third kappa shape index (κ3) is 7.21. The number of nitrogens with zero attached hydrogens (tertiary/aromatic N) is 2. The molecule has 0 aromatic heterocycles. The molecular formula is C31H34F3N3O5. The van der Waals surface area contributed by atoms with E-state index >= 15 is 0 Å². The Morgan fingerprint density at radius 1 is 0.952 bits per heavy atom. The van der Waals surface area contributed by atoms with E-state index in [1.165, 1.54) is 24.3 Å². The summed E-state index contributed by atoms with van der Waals surface area (Å²) in [4.78, 5) is 28.2. The van der Waals surface area contributed by atoms with Gasteiger partial charge in [0.1, 0.15) is 11.5 Å². The molecule has 0 aliphatic carbocycles. The molecule has 8 nitrogen and oxygen atoms in total. The number of halogens is 3. The normalized spacial score (nSPS) is 16.8. The first kappa shape index (κ1) is 30.9. The molecule has 2 aliphatic heterocycles. The molecular weight excluding hydrogens is 551 g/mol. The van der Waals surface area contributed by atoms with Gasteiger partial charge in [-0.25, -0.2) is 4.79 Å². The molecule has 11 heteroatoms. The smallest absolute Gasteiger partial charge is 0.494 e. The summed E-state index contributed by atoms with van der Waals surface area (Å²) in [5.41, 5.74) is 3.41. The predicted octanol–water partition coefficient (Wildman–Crippen LogP) is 6.53. The molecule has 2 saturated heterocycles. The molecule has 2 heterocycles. The van der Waals surface area contributed by atoms with Crippen LogP contribution in [0.4, 0.5) is 18.9 Å². The van der Waals surface area contributed by atoms with Gasteiger partial charge in [-0.05, 0) is 110 Å². The maximum Gasteiger partial charge on any atom is 0.573 e. The van der Waals surface area contributed by atoms with Crippen LogP contribution in [0, 0.1) is 5.41 Å². The van der Waals surface area contributed by atoms with Crippen molar-refractivity contribution >= 4 is 17.6 Å². The second-order valence-electron chi connectivity index (χ2n) is 10.7. The van der Waals surface area contributed by atoms with Gasteiger partial charge in [0.15, 0.2) is 0 Å². The summed E-state index contributed by atoms with van der Waals surface area (Å²) in [5.74, 6) is -0.524. The van der Waals surface area contributed by atoms with Gasteiger partial charge >= 0.3 is 12.3 Å². The number of carboxylic acid groups (broad SMARTS) is 1. The zero-order valence-corrected chi connectivity index (χ0v) is 23.3. The van der Waals surface area contributed by atoms with Crippen molar-refractivity contribution in [2.45, 2.75) is 39.1 Å². The number of anilines is 1. The van der Waals surface area contributed by atoms with Crippen LogP contribution in [-0.4, -0.2) is 54.5 Å². The quantitative estimate of drug-likeness (QED) is 0.309. The van der Waals surface area contributed by atoms with E-state index in [2.05, 4.69) is 9.64 Å². The molecule has 0 unspecified atom stereocenters. The predicted molar refractivity (Wildman–Crippen MR) is 152 cm³/mol. The molecule has 2 aliphatic rings. The molecule has 42 heavy (non-hydrogen) atoms. The molecule has 0 radical (unpaired) electrons. The number of alkyl halides is 3. The Morgan fingerprint density at radius 2 is 1.62 bits per heavy atom. The molecule has 5 rings (SSSR count). The van der Waals surface area contributed by atoms with Crippen LogP contribution in [0.3, 0.4) is 0 Å². The molecule has 1 spiro atoms. The molecule has 3 aromatic rings. The second-order valence-corrected chi connectivity index (χ2v) is 10.7. The van der Waals surface area contributed by atoms with Crippen molar-refractivity contribution in [1.29, 1.82) is 0 Å². The topological polar surface area (TPSA) is 114 Å². The average Bonchev–Trinajstić information content (AvgIpc) is 3.25. The van der Waals surface area contributed by atoms with Crippen LogP contribution in [0.5, 0.6) is 11.5 Å². The summed E-state index contributed by atoms with van der Waals surface area (Å²) in [6.45, 7) is 5.30. The standard InChI is InChI=1S/C31H31F3N2O5.H3N/c1-2-40-27-16-21(15-24(17-27)22-5-9-26(10-6-22)41-31(32,33)34)19-35-13-11-30(12-14-35)18-28(37)36(20-30)25-7-3-23(4-8-25)29(38)39;/h3-10,15-17H,2,11-14,18-20H2,1H3,(H,38,39);1H3. The molecule has 224 valence electrons. The Hall–Kier alpha value is -4.09. The maximum atomic E-state index is 12.9. The number of amides is 1. The number of carbonyl (C=O) groups is 2. The van der Waals surface area contributed by atoms with Gasteiger partial charge in [-0.15, -0.1) is 13.2 Å². The van der Waals surface area contributed by atoms with Gasteiger partial charge < -0.3 is 25.6 Å². The monoisotopic (exact) mass is 585 g/mol. The van der Waals surface area contributed by atoms with Crippen molar-refractivity contribution < 1.29 is 37.3 Å². The fourth-order valence-electron chi connectivity index (χ4n) is 5.71. The highest BCUT2D eigenvalue weighted by Gasteiger charge is 2.45. The Balaban J connectivity index is 0.00000405. The Bertz CT molecular complexity index is 1400. The number of ether oxygens (including phenoxy) is 2. The summed E-state index contributed by atoms with van der Waals surface area (Å²) in [5, 5.41) is 9.15. The van der Waals surface area contributed by atoms with Crippen molar-refractivity contribution in [3.63, 3.8) is 0 Å². The van der Waals surface area contributed by atoms with Crippen LogP contribution < -0.4 is 20.5 Å². The van der Waals surface area contributed by atoms with E-state index in [4.69, 9.17) is 9.84 Å². The van der Waals surface area contributed by atoms with Gasteiger partial charge in [0.25, 0.3) is 0 Å². The number of piperidine rings is 1. The Morgan fingerprint density at radius 3 is 2.21 bits per heavy atom. The van der Waals surface area contributed by atoms with E-state index in [-0.39, 0.29) is 28.8 Å². The highest BCUT2D eigenvalue weighted by atomic mass is 19.4. The third-order valence-electron chi connectivity index (χ3n) is 7.77.